The lowest BCUT2D eigenvalue weighted by atomic mass is 9.98. The van der Waals surface area contributed by atoms with Gasteiger partial charge in [-0.25, -0.2) is 4.79 Å². The molecule has 0 aliphatic carbocycles. The highest BCUT2D eigenvalue weighted by Crippen LogP contribution is 2.28. The van der Waals surface area contributed by atoms with Gasteiger partial charge in [-0.15, -0.1) is 0 Å². The molecule has 3 rings (SSSR count). The zero-order valence-electron chi connectivity index (χ0n) is 20.5. The Labute approximate surface area is 206 Å². The molecule has 0 spiro atoms. The lowest BCUT2D eigenvalue weighted by molar-refractivity contribution is -0.144. The van der Waals surface area contributed by atoms with E-state index in [1.165, 1.54) is 12.0 Å². The van der Waals surface area contributed by atoms with Gasteiger partial charge in [0.1, 0.15) is 6.04 Å². The predicted molar refractivity (Wildman–Crippen MR) is 138 cm³/mol. The Hall–Kier alpha value is -3.31. The molecule has 3 aromatic rings. The highest BCUT2D eigenvalue weighted by Gasteiger charge is 2.25. The first-order valence-corrected chi connectivity index (χ1v) is 11.6. The van der Waals surface area contributed by atoms with Gasteiger partial charge in [0.15, 0.2) is 0 Å². The van der Waals surface area contributed by atoms with E-state index in [9.17, 15) is 9.59 Å². The van der Waals surface area contributed by atoms with E-state index in [1.807, 2.05) is 62.4 Å². The Kier molecular flexibility index (Phi) is 8.00. The first-order valence-electron chi connectivity index (χ1n) is 11.2. The Bertz CT molecular complexity index is 1210. The third-order valence-electron chi connectivity index (χ3n) is 6.16. The third-order valence-corrected chi connectivity index (χ3v) is 6.59. The van der Waals surface area contributed by atoms with Crippen LogP contribution in [0.3, 0.4) is 0 Å². The smallest absolute Gasteiger partial charge is 0.328 e. The largest absolute Gasteiger partial charge is 0.467 e. The number of aryl methyl sites for hydroxylation is 2. The molecule has 0 aromatic heterocycles. The zero-order chi connectivity index (χ0) is 25.0. The second kappa shape index (κ2) is 10.7. The number of nitrogens with one attached hydrogen (secondary N) is 1. The Balaban J connectivity index is 1.80. The molecule has 0 saturated heterocycles. The lowest BCUT2D eigenvalue weighted by Gasteiger charge is -2.23. The molecule has 1 N–H and O–H groups in total. The topological polar surface area (TPSA) is 58.6 Å². The summed E-state index contributed by atoms with van der Waals surface area (Å²) in [6, 6.07) is 19.4. The lowest BCUT2D eigenvalue weighted by Crippen LogP contribution is -2.41. The van der Waals surface area contributed by atoms with Crippen LogP contribution in [0.5, 0.6) is 0 Å². The fourth-order valence-electron chi connectivity index (χ4n) is 3.84. The maximum atomic E-state index is 12.9. The van der Waals surface area contributed by atoms with Crippen LogP contribution in [0.4, 0.5) is 5.69 Å². The number of carbonyl (C=O) groups excluding carboxylic acids is 2. The summed E-state index contributed by atoms with van der Waals surface area (Å²) in [5.41, 5.74) is 6.67. The Morgan fingerprint density at radius 3 is 2.29 bits per heavy atom. The first-order chi connectivity index (χ1) is 16.1. The number of halogens is 1. The van der Waals surface area contributed by atoms with Gasteiger partial charge in [-0.05, 0) is 79.8 Å². The number of hydrogen-bond donors (Lipinski definition) is 1. The molecule has 0 saturated carbocycles. The molecule has 0 radical (unpaired) electrons. The van der Waals surface area contributed by atoms with E-state index in [0.717, 1.165) is 38.5 Å². The van der Waals surface area contributed by atoms with Crippen LogP contribution in [0.15, 0.2) is 60.7 Å². The van der Waals surface area contributed by atoms with Crippen LogP contribution in [0.2, 0.25) is 5.02 Å². The van der Waals surface area contributed by atoms with Crippen molar-refractivity contribution in [2.45, 2.75) is 39.8 Å². The monoisotopic (exact) mass is 478 g/mol. The van der Waals surface area contributed by atoms with E-state index in [4.69, 9.17) is 16.3 Å². The molecule has 5 nitrogen and oxygen atoms in total. The van der Waals surface area contributed by atoms with Crippen molar-refractivity contribution in [3.8, 4) is 11.1 Å². The quantitative estimate of drug-likeness (QED) is 0.397. The number of amides is 1. The van der Waals surface area contributed by atoms with Gasteiger partial charge < -0.3 is 15.0 Å². The van der Waals surface area contributed by atoms with Crippen LogP contribution in [-0.4, -0.2) is 37.0 Å². The summed E-state index contributed by atoms with van der Waals surface area (Å²) in [7, 11) is 2.92. The number of benzene rings is 3. The molecule has 3 aromatic carbocycles. The summed E-state index contributed by atoms with van der Waals surface area (Å²) >= 11 is 6.17. The van der Waals surface area contributed by atoms with Gasteiger partial charge in [0, 0.05) is 29.4 Å². The van der Waals surface area contributed by atoms with E-state index in [-0.39, 0.29) is 11.9 Å². The first kappa shape index (κ1) is 25.3. The fraction of sp³-hybridized carbons (Fsp3) is 0.286. The van der Waals surface area contributed by atoms with Crippen LogP contribution in [-0.2, 0) is 9.53 Å². The van der Waals surface area contributed by atoms with E-state index < -0.39 is 12.0 Å². The third kappa shape index (κ3) is 5.60. The summed E-state index contributed by atoms with van der Waals surface area (Å²) in [5.74, 6) is -0.665. The maximum Gasteiger partial charge on any atom is 0.328 e. The minimum Gasteiger partial charge on any atom is -0.467 e. The SMILES string of the molecule is COC(=O)[C@H](C)N(C)C(=O)c1ccc(-c2cccc(NC(C)c3ccc(Cl)c(C)c3)c2)cc1C. The minimum absolute atomic E-state index is 0.111. The maximum absolute atomic E-state index is 12.9. The molecule has 34 heavy (non-hydrogen) atoms. The molecule has 1 unspecified atom stereocenters. The summed E-state index contributed by atoms with van der Waals surface area (Å²) in [5, 5.41) is 4.32. The molecular formula is C28H31ClN2O3. The molecule has 2 atom stereocenters. The summed E-state index contributed by atoms with van der Waals surface area (Å²) < 4.78 is 4.76. The van der Waals surface area contributed by atoms with Crippen LogP contribution >= 0.6 is 11.6 Å². The van der Waals surface area contributed by atoms with Crippen molar-refractivity contribution in [2.75, 3.05) is 19.5 Å². The van der Waals surface area contributed by atoms with Crippen LogP contribution in [0.1, 0.15) is 46.9 Å². The van der Waals surface area contributed by atoms with Crippen molar-refractivity contribution in [3.63, 3.8) is 0 Å². The Morgan fingerprint density at radius 2 is 1.65 bits per heavy atom. The number of likely N-dealkylation sites (N-methyl/N-ethyl adjacent to an activating group) is 1. The van der Waals surface area contributed by atoms with Gasteiger partial charge in [-0.1, -0.05) is 48.0 Å². The van der Waals surface area contributed by atoms with Crippen LogP contribution in [0.25, 0.3) is 11.1 Å². The number of rotatable bonds is 7. The number of anilines is 1. The van der Waals surface area contributed by atoms with Crippen molar-refractivity contribution in [1.29, 1.82) is 0 Å². The molecule has 0 aliphatic heterocycles. The molecule has 0 heterocycles. The van der Waals surface area contributed by atoms with Crippen molar-refractivity contribution in [3.05, 3.63) is 87.9 Å². The zero-order valence-corrected chi connectivity index (χ0v) is 21.2. The summed E-state index contributed by atoms with van der Waals surface area (Å²) in [6.45, 7) is 7.67. The number of hydrogen-bond acceptors (Lipinski definition) is 4. The standard InChI is InChI=1S/C28H31ClN2O3/c1-17-14-23(10-12-25(17)27(32)31(5)20(4)28(33)34-6)22-8-7-9-24(16-22)30-19(3)21-11-13-26(29)18(2)15-21/h7-16,19-20,30H,1-6H3/t19?,20-/m0/s1. The fourth-order valence-corrected chi connectivity index (χ4v) is 3.95. The minimum atomic E-state index is -0.661. The van der Waals surface area contributed by atoms with E-state index in [0.29, 0.717) is 5.56 Å². The summed E-state index contributed by atoms with van der Waals surface area (Å²) in [4.78, 5) is 26.1. The van der Waals surface area contributed by atoms with Crippen molar-refractivity contribution in [2.24, 2.45) is 0 Å². The van der Waals surface area contributed by atoms with Crippen LogP contribution in [0, 0.1) is 13.8 Å². The molecule has 0 fully saturated rings. The van der Waals surface area contributed by atoms with Crippen LogP contribution < -0.4 is 5.32 Å². The second-order valence-electron chi connectivity index (χ2n) is 8.60. The summed E-state index contributed by atoms with van der Waals surface area (Å²) in [6.07, 6.45) is 0. The van der Waals surface area contributed by atoms with Crippen molar-refractivity contribution in [1.82, 2.24) is 4.90 Å². The molecule has 0 aliphatic rings. The van der Waals surface area contributed by atoms with Gasteiger partial charge in [0.25, 0.3) is 5.91 Å². The number of nitrogens with zero attached hydrogens (tertiary/aromatic N) is 1. The molecular weight excluding hydrogens is 448 g/mol. The predicted octanol–water partition coefficient (Wildman–Crippen LogP) is 6.43. The van der Waals surface area contributed by atoms with Gasteiger partial charge >= 0.3 is 5.97 Å². The highest BCUT2D eigenvalue weighted by atomic mass is 35.5. The number of methoxy groups -OCH3 is 1. The highest BCUT2D eigenvalue weighted by molar-refractivity contribution is 6.31. The average molecular weight is 479 g/mol. The molecule has 1 amide bonds. The average Bonchev–Trinajstić information content (AvgIpc) is 2.83. The number of ether oxygens (including phenoxy) is 1. The normalized spacial score (nSPS) is 12.6. The molecule has 6 heteroatoms. The molecule has 0 bridgehead atoms. The Morgan fingerprint density at radius 1 is 0.941 bits per heavy atom. The van der Waals surface area contributed by atoms with Crippen molar-refractivity contribution < 1.29 is 14.3 Å². The van der Waals surface area contributed by atoms with Crippen molar-refractivity contribution >= 4 is 29.2 Å². The van der Waals surface area contributed by atoms with Gasteiger partial charge in [-0.2, -0.15) is 0 Å². The van der Waals surface area contributed by atoms with E-state index in [2.05, 4.69) is 24.4 Å². The van der Waals surface area contributed by atoms with Gasteiger partial charge in [-0.3, -0.25) is 4.79 Å². The van der Waals surface area contributed by atoms with E-state index in [1.54, 1.807) is 14.0 Å². The number of carbonyl (C=O) groups is 2. The second-order valence-corrected chi connectivity index (χ2v) is 9.01. The van der Waals surface area contributed by atoms with E-state index >= 15 is 0 Å². The van der Waals surface area contributed by atoms with Gasteiger partial charge in [0.2, 0.25) is 0 Å². The number of esters is 1. The molecule has 178 valence electrons. The van der Waals surface area contributed by atoms with Gasteiger partial charge in [0.05, 0.1) is 7.11 Å².